The van der Waals surface area contributed by atoms with E-state index in [1.165, 1.54) is 5.57 Å². The van der Waals surface area contributed by atoms with Crippen LogP contribution in [-0.2, 0) is 11.3 Å². The molecule has 1 fully saturated rings. The van der Waals surface area contributed by atoms with Gasteiger partial charge in [0.15, 0.2) is 0 Å². The maximum Gasteiger partial charge on any atom is 0.224 e. The average molecular weight is 316 g/mol. The maximum absolute atomic E-state index is 12.5. The zero-order valence-electron chi connectivity index (χ0n) is 15.3. The third-order valence-electron chi connectivity index (χ3n) is 4.89. The van der Waals surface area contributed by atoms with E-state index in [9.17, 15) is 4.79 Å². The first-order valence-corrected chi connectivity index (χ1v) is 8.12. The fourth-order valence-electron chi connectivity index (χ4n) is 3.38. The molecule has 1 aliphatic carbocycles. The van der Waals surface area contributed by atoms with Crippen LogP contribution in [0.3, 0.4) is 0 Å². The molecule has 1 N–H and O–H groups in total. The van der Waals surface area contributed by atoms with Gasteiger partial charge in [-0.2, -0.15) is 0 Å². The lowest BCUT2D eigenvalue weighted by Crippen LogP contribution is -2.27. The van der Waals surface area contributed by atoms with E-state index in [0.29, 0.717) is 12.5 Å². The van der Waals surface area contributed by atoms with Crippen LogP contribution in [0.5, 0.6) is 5.75 Å². The number of methoxy groups -OCH3 is 1. The number of pyridine rings is 1. The van der Waals surface area contributed by atoms with Crippen LogP contribution < -0.4 is 10.1 Å². The molecular formula is C19H28N2O2. The minimum Gasteiger partial charge on any atom is -0.496 e. The highest BCUT2D eigenvalue weighted by atomic mass is 16.5. The summed E-state index contributed by atoms with van der Waals surface area (Å²) in [5, 5.41) is 3.05. The molecule has 0 unspecified atom stereocenters. The zero-order chi connectivity index (χ0) is 17.4. The standard InChI is InChI=1S/C19H28N2O2/c1-11(2)8-14-16(19(14,5)6)18(22)21-10-15-13(4)17(23-7)12(3)9-20-15/h8-9,14,16H,10H2,1-7H3,(H,21,22)/t14-,16-/m1/s1. The molecule has 126 valence electrons. The highest BCUT2D eigenvalue weighted by Gasteiger charge is 2.60. The predicted molar refractivity (Wildman–Crippen MR) is 92.3 cm³/mol. The summed E-state index contributed by atoms with van der Waals surface area (Å²) in [5.74, 6) is 1.33. The fraction of sp³-hybridized carbons (Fsp3) is 0.579. The molecule has 4 heteroatoms. The van der Waals surface area contributed by atoms with Gasteiger partial charge >= 0.3 is 0 Å². The van der Waals surface area contributed by atoms with E-state index in [-0.39, 0.29) is 17.2 Å². The van der Waals surface area contributed by atoms with Gasteiger partial charge in [0.1, 0.15) is 5.75 Å². The van der Waals surface area contributed by atoms with Crippen LogP contribution in [0.15, 0.2) is 17.8 Å². The molecule has 0 radical (unpaired) electrons. The fourth-order valence-corrected chi connectivity index (χ4v) is 3.38. The minimum atomic E-state index is 0.0365. The van der Waals surface area contributed by atoms with Gasteiger partial charge in [0.25, 0.3) is 0 Å². The molecule has 1 aliphatic rings. The van der Waals surface area contributed by atoms with Crippen LogP contribution in [0.2, 0.25) is 0 Å². The summed E-state index contributed by atoms with van der Waals surface area (Å²) in [4.78, 5) is 17.0. The summed E-state index contributed by atoms with van der Waals surface area (Å²) in [5.41, 5.74) is 4.15. The Morgan fingerprint density at radius 3 is 2.61 bits per heavy atom. The second-order valence-corrected chi connectivity index (χ2v) is 7.33. The van der Waals surface area contributed by atoms with E-state index in [4.69, 9.17) is 4.74 Å². The number of carbonyl (C=O) groups excluding carboxylic acids is 1. The smallest absolute Gasteiger partial charge is 0.224 e. The number of aromatic nitrogens is 1. The van der Waals surface area contributed by atoms with Crippen molar-refractivity contribution in [2.24, 2.45) is 17.3 Å². The molecule has 0 spiro atoms. The number of carbonyl (C=O) groups is 1. The van der Waals surface area contributed by atoms with Crippen LogP contribution in [0.1, 0.15) is 44.5 Å². The Labute approximate surface area is 139 Å². The van der Waals surface area contributed by atoms with Crippen molar-refractivity contribution in [3.8, 4) is 5.75 Å². The van der Waals surface area contributed by atoms with Crippen molar-refractivity contribution in [1.29, 1.82) is 0 Å². The summed E-state index contributed by atoms with van der Waals surface area (Å²) in [6.45, 7) is 12.9. The monoisotopic (exact) mass is 316 g/mol. The van der Waals surface area contributed by atoms with Gasteiger partial charge in [0.2, 0.25) is 5.91 Å². The van der Waals surface area contributed by atoms with Crippen LogP contribution in [0.4, 0.5) is 0 Å². The topological polar surface area (TPSA) is 51.2 Å². The Kier molecular flexibility index (Phi) is 4.83. The molecular weight excluding hydrogens is 288 g/mol. The van der Waals surface area contributed by atoms with Crippen molar-refractivity contribution in [2.45, 2.75) is 48.1 Å². The molecule has 1 aromatic rings. The second-order valence-electron chi connectivity index (χ2n) is 7.33. The van der Waals surface area contributed by atoms with Crippen molar-refractivity contribution in [3.63, 3.8) is 0 Å². The van der Waals surface area contributed by atoms with Gasteiger partial charge in [-0.15, -0.1) is 0 Å². The Morgan fingerprint density at radius 1 is 1.39 bits per heavy atom. The Bertz CT molecular complexity index is 643. The van der Waals surface area contributed by atoms with Crippen molar-refractivity contribution in [2.75, 3.05) is 7.11 Å². The molecule has 0 saturated heterocycles. The van der Waals surface area contributed by atoms with E-state index < -0.39 is 0 Å². The summed E-state index contributed by atoms with van der Waals surface area (Å²) < 4.78 is 5.42. The highest BCUT2D eigenvalue weighted by molar-refractivity contribution is 5.83. The summed E-state index contributed by atoms with van der Waals surface area (Å²) in [7, 11) is 1.66. The number of aryl methyl sites for hydroxylation is 1. The molecule has 1 amide bonds. The lowest BCUT2D eigenvalue weighted by atomic mass is 10.1. The van der Waals surface area contributed by atoms with Crippen molar-refractivity contribution in [3.05, 3.63) is 34.7 Å². The van der Waals surface area contributed by atoms with Crippen molar-refractivity contribution >= 4 is 5.91 Å². The van der Waals surface area contributed by atoms with Gasteiger partial charge in [-0.3, -0.25) is 9.78 Å². The Morgan fingerprint density at radius 2 is 2.04 bits per heavy atom. The number of hydrogen-bond acceptors (Lipinski definition) is 3. The number of hydrogen-bond donors (Lipinski definition) is 1. The molecule has 0 bridgehead atoms. The lowest BCUT2D eigenvalue weighted by Gasteiger charge is -2.13. The third-order valence-corrected chi connectivity index (χ3v) is 4.89. The van der Waals surface area contributed by atoms with E-state index in [0.717, 1.165) is 22.6 Å². The number of rotatable bonds is 5. The predicted octanol–water partition coefficient (Wildman–Crippen LogP) is 3.56. The van der Waals surface area contributed by atoms with Gasteiger partial charge in [0, 0.05) is 17.3 Å². The third kappa shape index (κ3) is 3.41. The zero-order valence-corrected chi connectivity index (χ0v) is 15.3. The average Bonchev–Trinajstić information content (AvgIpc) is 2.98. The molecule has 2 rings (SSSR count). The van der Waals surface area contributed by atoms with E-state index >= 15 is 0 Å². The molecule has 1 saturated carbocycles. The Hall–Kier alpha value is -1.84. The SMILES string of the molecule is COc1c(C)cnc(CNC(=O)[C@H]2[C@@H](C=C(C)C)C2(C)C)c1C. The molecule has 23 heavy (non-hydrogen) atoms. The number of allylic oxidation sites excluding steroid dienone is 2. The van der Waals surface area contributed by atoms with Crippen LogP contribution >= 0.6 is 0 Å². The first-order valence-electron chi connectivity index (χ1n) is 8.12. The van der Waals surface area contributed by atoms with Crippen molar-refractivity contribution < 1.29 is 9.53 Å². The number of ether oxygens (including phenoxy) is 1. The van der Waals surface area contributed by atoms with Crippen LogP contribution in [0, 0.1) is 31.1 Å². The second kappa shape index (κ2) is 6.34. The van der Waals surface area contributed by atoms with E-state index in [1.54, 1.807) is 13.3 Å². The van der Waals surface area contributed by atoms with Gasteiger partial charge in [-0.05, 0) is 39.0 Å². The van der Waals surface area contributed by atoms with Gasteiger partial charge < -0.3 is 10.1 Å². The van der Waals surface area contributed by atoms with E-state index in [2.05, 4.69) is 44.1 Å². The maximum atomic E-state index is 12.5. The van der Waals surface area contributed by atoms with Crippen LogP contribution in [-0.4, -0.2) is 18.0 Å². The highest BCUT2D eigenvalue weighted by Crippen LogP contribution is 2.59. The summed E-state index contributed by atoms with van der Waals surface area (Å²) in [6, 6.07) is 0. The number of nitrogens with one attached hydrogen (secondary N) is 1. The lowest BCUT2D eigenvalue weighted by molar-refractivity contribution is -0.123. The molecule has 1 aromatic heterocycles. The van der Waals surface area contributed by atoms with Gasteiger partial charge in [-0.25, -0.2) is 0 Å². The van der Waals surface area contributed by atoms with Crippen LogP contribution in [0.25, 0.3) is 0 Å². The van der Waals surface area contributed by atoms with Gasteiger partial charge in [0.05, 0.1) is 25.3 Å². The molecule has 0 aromatic carbocycles. The normalized spacial score (nSPS) is 21.5. The van der Waals surface area contributed by atoms with Gasteiger partial charge in [-0.1, -0.05) is 25.5 Å². The van der Waals surface area contributed by atoms with Crippen molar-refractivity contribution in [1.82, 2.24) is 10.3 Å². The minimum absolute atomic E-state index is 0.0365. The van der Waals surface area contributed by atoms with E-state index in [1.807, 2.05) is 13.8 Å². The first kappa shape index (κ1) is 17.5. The molecule has 0 aliphatic heterocycles. The molecule has 2 atom stereocenters. The summed E-state index contributed by atoms with van der Waals surface area (Å²) >= 11 is 0. The largest absolute Gasteiger partial charge is 0.496 e. The molecule has 1 heterocycles. The Balaban J connectivity index is 2.05. The quantitative estimate of drug-likeness (QED) is 0.845. The molecule has 4 nitrogen and oxygen atoms in total. The number of amides is 1. The first-order chi connectivity index (χ1) is 10.7. The summed E-state index contributed by atoms with van der Waals surface area (Å²) in [6.07, 6.45) is 4.00. The number of nitrogens with zero attached hydrogens (tertiary/aromatic N) is 1.